The van der Waals surface area contributed by atoms with E-state index in [-0.39, 0.29) is 5.97 Å². The predicted octanol–water partition coefficient (Wildman–Crippen LogP) is 2.54. The number of carbonyl (C=O) groups excluding carboxylic acids is 1. The Bertz CT molecular complexity index is 410. The number of rotatable bonds is 8. The van der Waals surface area contributed by atoms with E-state index in [4.69, 9.17) is 4.74 Å². The summed E-state index contributed by atoms with van der Waals surface area (Å²) in [6.07, 6.45) is 2.22. The SMILES string of the molecule is COC(=O)CCCNCCc1ccc(OC)c(Br)c1. The molecule has 0 bridgehead atoms. The van der Waals surface area contributed by atoms with Crippen LogP contribution in [0.15, 0.2) is 22.7 Å². The van der Waals surface area contributed by atoms with Gasteiger partial charge in [-0.15, -0.1) is 0 Å². The van der Waals surface area contributed by atoms with Crippen LogP contribution in [0.3, 0.4) is 0 Å². The average Bonchev–Trinajstić information content (AvgIpc) is 2.42. The Hall–Kier alpha value is -1.07. The van der Waals surface area contributed by atoms with Gasteiger partial charge in [0.25, 0.3) is 0 Å². The van der Waals surface area contributed by atoms with Crippen LogP contribution in [0.2, 0.25) is 0 Å². The van der Waals surface area contributed by atoms with Crippen LogP contribution in [0.4, 0.5) is 0 Å². The number of esters is 1. The van der Waals surface area contributed by atoms with E-state index in [9.17, 15) is 4.79 Å². The lowest BCUT2D eigenvalue weighted by molar-refractivity contribution is -0.140. The molecule has 1 aromatic carbocycles. The van der Waals surface area contributed by atoms with Crippen molar-refractivity contribution in [3.8, 4) is 5.75 Å². The van der Waals surface area contributed by atoms with E-state index < -0.39 is 0 Å². The third kappa shape index (κ3) is 6.07. The van der Waals surface area contributed by atoms with Crippen molar-refractivity contribution in [1.29, 1.82) is 0 Å². The molecule has 0 amide bonds. The van der Waals surface area contributed by atoms with Crippen molar-refractivity contribution in [2.45, 2.75) is 19.3 Å². The van der Waals surface area contributed by atoms with Crippen LogP contribution in [0.1, 0.15) is 18.4 Å². The van der Waals surface area contributed by atoms with Crippen LogP contribution in [0.25, 0.3) is 0 Å². The fraction of sp³-hybridized carbons (Fsp3) is 0.500. The van der Waals surface area contributed by atoms with Gasteiger partial charge in [0.2, 0.25) is 0 Å². The monoisotopic (exact) mass is 329 g/mol. The number of benzene rings is 1. The van der Waals surface area contributed by atoms with Crippen LogP contribution in [-0.2, 0) is 16.0 Å². The standard InChI is InChI=1S/C14H20BrNO3/c1-18-13-6-5-11(10-12(13)15)7-9-16-8-3-4-14(17)19-2/h5-6,10,16H,3-4,7-9H2,1-2H3. The first-order valence-corrected chi connectivity index (χ1v) is 7.06. The molecule has 1 N–H and O–H groups in total. The van der Waals surface area contributed by atoms with Gasteiger partial charge in [0.05, 0.1) is 18.7 Å². The molecule has 1 aromatic rings. The third-order valence-corrected chi connectivity index (χ3v) is 3.39. The predicted molar refractivity (Wildman–Crippen MR) is 78.5 cm³/mol. The zero-order chi connectivity index (χ0) is 14.1. The number of nitrogens with one attached hydrogen (secondary N) is 1. The number of ether oxygens (including phenoxy) is 2. The largest absolute Gasteiger partial charge is 0.496 e. The molecule has 0 radical (unpaired) electrons. The second kappa shape index (κ2) is 8.93. The van der Waals surface area contributed by atoms with Gasteiger partial charge in [-0.2, -0.15) is 0 Å². The molecule has 0 aromatic heterocycles. The number of hydrogen-bond donors (Lipinski definition) is 1. The zero-order valence-electron chi connectivity index (χ0n) is 11.4. The molecule has 0 aliphatic heterocycles. The van der Waals surface area contributed by atoms with Gasteiger partial charge in [-0.1, -0.05) is 6.07 Å². The molecule has 5 heteroatoms. The van der Waals surface area contributed by atoms with Crippen molar-refractivity contribution in [2.75, 3.05) is 27.3 Å². The normalized spacial score (nSPS) is 10.3. The molecular weight excluding hydrogens is 310 g/mol. The third-order valence-electron chi connectivity index (χ3n) is 2.77. The number of methoxy groups -OCH3 is 2. The smallest absolute Gasteiger partial charge is 0.305 e. The maximum atomic E-state index is 10.9. The second-order valence-corrected chi connectivity index (χ2v) is 5.00. The summed E-state index contributed by atoms with van der Waals surface area (Å²) in [6.45, 7) is 1.71. The maximum absolute atomic E-state index is 10.9. The van der Waals surface area contributed by atoms with Gasteiger partial charge in [-0.3, -0.25) is 4.79 Å². The molecule has 0 spiro atoms. The van der Waals surface area contributed by atoms with Crippen molar-refractivity contribution >= 4 is 21.9 Å². The highest BCUT2D eigenvalue weighted by Gasteiger charge is 2.02. The summed E-state index contributed by atoms with van der Waals surface area (Å²) >= 11 is 3.47. The average molecular weight is 330 g/mol. The first-order valence-electron chi connectivity index (χ1n) is 6.27. The Morgan fingerprint density at radius 3 is 2.74 bits per heavy atom. The lowest BCUT2D eigenvalue weighted by atomic mass is 10.1. The van der Waals surface area contributed by atoms with E-state index >= 15 is 0 Å². The van der Waals surface area contributed by atoms with E-state index in [1.54, 1.807) is 7.11 Å². The summed E-state index contributed by atoms with van der Waals surface area (Å²) in [4.78, 5) is 10.9. The molecule has 0 unspecified atom stereocenters. The Balaban J connectivity index is 2.19. The molecule has 1 rings (SSSR count). The van der Waals surface area contributed by atoms with Gasteiger partial charge in [0.1, 0.15) is 5.75 Å². The highest BCUT2D eigenvalue weighted by molar-refractivity contribution is 9.10. The molecule has 0 saturated heterocycles. The zero-order valence-corrected chi connectivity index (χ0v) is 13.0. The molecule has 0 atom stereocenters. The van der Waals surface area contributed by atoms with E-state index in [1.807, 2.05) is 6.07 Å². The lowest BCUT2D eigenvalue weighted by Crippen LogP contribution is -2.19. The molecule has 0 saturated carbocycles. The Morgan fingerprint density at radius 2 is 2.11 bits per heavy atom. The minimum Gasteiger partial charge on any atom is -0.496 e. The van der Waals surface area contributed by atoms with Crippen molar-refractivity contribution in [1.82, 2.24) is 5.32 Å². The number of carbonyl (C=O) groups is 1. The lowest BCUT2D eigenvalue weighted by Gasteiger charge is -2.07. The van der Waals surface area contributed by atoms with Crippen LogP contribution in [0.5, 0.6) is 5.75 Å². The van der Waals surface area contributed by atoms with Gasteiger partial charge >= 0.3 is 5.97 Å². The van der Waals surface area contributed by atoms with Crippen molar-refractivity contribution in [3.05, 3.63) is 28.2 Å². The van der Waals surface area contributed by atoms with E-state index in [2.05, 4.69) is 38.1 Å². The van der Waals surface area contributed by atoms with Crippen LogP contribution in [0, 0.1) is 0 Å². The minimum absolute atomic E-state index is 0.152. The van der Waals surface area contributed by atoms with Gasteiger partial charge in [0.15, 0.2) is 0 Å². The van der Waals surface area contributed by atoms with E-state index in [0.29, 0.717) is 6.42 Å². The summed E-state index contributed by atoms with van der Waals surface area (Å²) in [5.74, 6) is 0.690. The molecule has 0 aliphatic rings. The molecular formula is C14H20BrNO3. The number of halogens is 1. The maximum Gasteiger partial charge on any atom is 0.305 e. The van der Waals surface area contributed by atoms with Gasteiger partial charge in [-0.05, 0) is 59.6 Å². The van der Waals surface area contributed by atoms with Gasteiger partial charge < -0.3 is 14.8 Å². The van der Waals surface area contributed by atoms with Crippen LogP contribution < -0.4 is 10.1 Å². The highest BCUT2D eigenvalue weighted by Crippen LogP contribution is 2.25. The topological polar surface area (TPSA) is 47.6 Å². The molecule has 0 heterocycles. The molecule has 4 nitrogen and oxygen atoms in total. The fourth-order valence-corrected chi connectivity index (χ4v) is 2.27. The second-order valence-electron chi connectivity index (χ2n) is 4.15. The summed E-state index contributed by atoms with van der Waals surface area (Å²) in [5, 5.41) is 3.31. The van der Waals surface area contributed by atoms with Crippen molar-refractivity contribution in [3.63, 3.8) is 0 Å². The van der Waals surface area contributed by atoms with Gasteiger partial charge in [0, 0.05) is 6.42 Å². The number of hydrogen-bond acceptors (Lipinski definition) is 4. The Labute approximate surface area is 122 Å². The van der Waals surface area contributed by atoms with E-state index in [1.165, 1.54) is 12.7 Å². The Kier molecular flexibility index (Phi) is 7.52. The quantitative estimate of drug-likeness (QED) is 0.588. The summed E-state index contributed by atoms with van der Waals surface area (Å²) in [6, 6.07) is 6.07. The van der Waals surface area contributed by atoms with Crippen molar-refractivity contribution in [2.24, 2.45) is 0 Å². The van der Waals surface area contributed by atoms with Gasteiger partial charge in [-0.25, -0.2) is 0 Å². The molecule has 19 heavy (non-hydrogen) atoms. The first kappa shape index (κ1) is 16.0. The molecule has 0 fully saturated rings. The van der Waals surface area contributed by atoms with Crippen molar-refractivity contribution < 1.29 is 14.3 Å². The summed E-state index contributed by atoms with van der Waals surface area (Å²) < 4.78 is 10.7. The summed E-state index contributed by atoms with van der Waals surface area (Å²) in [7, 11) is 3.07. The van der Waals surface area contributed by atoms with E-state index in [0.717, 1.165) is 36.2 Å². The molecule has 0 aliphatic carbocycles. The molecule has 106 valence electrons. The highest BCUT2D eigenvalue weighted by atomic mass is 79.9. The first-order chi connectivity index (χ1) is 9.17. The summed E-state index contributed by atoms with van der Waals surface area (Å²) in [5.41, 5.74) is 1.24. The Morgan fingerprint density at radius 1 is 1.32 bits per heavy atom. The van der Waals surface area contributed by atoms with Crippen LogP contribution in [-0.4, -0.2) is 33.3 Å². The minimum atomic E-state index is -0.152. The fourth-order valence-electron chi connectivity index (χ4n) is 1.68. The van der Waals surface area contributed by atoms with Crippen LogP contribution >= 0.6 is 15.9 Å².